The highest BCUT2D eigenvalue weighted by molar-refractivity contribution is 7.48. The molecule has 2 fully saturated rings. The first-order chi connectivity index (χ1) is 20.9. The van der Waals surface area contributed by atoms with E-state index in [9.17, 15) is 19.4 Å². The highest BCUT2D eigenvalue weighted by Gasteiger charge is 2.48. The average Bonchev–Trinajstić information content (AvgIpc) is 3.77. The van der Waals surface area contributed by atoms with Crippen LogP contribution in [0.5, 0.6) is 5.75 Å². The molecule has 15 heteroatoms. The molecule has 45 heavy (non-hydrogen) atoms. The number of hydrogen-bond acceptors (Lipinski definition) is 10. The summed E-state index contributed by atoms with van der Waals surface area (Å²) in [5.74, 6) is -4.16. The first-order valence-corrected chi connectivity index (χ1v) is 16.0. The zero-order valence-corrected chi connectivity index (χ0v) is 27.0. The first-order valence-electron chi connectivity index (χ1n) is 14.5. The summed E-state index contributed by atoms with van der Waals surface area (Å²) in [7, 11) is -4.22. The van der Waals surface area contributed by atoms with Gasteiger partial charge in [-0.05, 0) is 72.6 Å². The normalized spacial score (nSPS) is 18.6. The molecule has 2 aromatic rings. The fourth-order valence-corrected chi connectivity index (χ4v) is 6.19. The van der Waals surface area contributed by atoms with Crippen molar-refractivity contribution in [2.24, 2.45) is 5.92 Å². The minimum absolute atomic E-state index is 0.00540. The maximum atomic E-state index is 15.3. The lowest BCUT2D eigenvalue weighted by Crippen LogP contribution is -2.56. The van der Waals surface area contributed by atoms with Gasteiger partial charge < -0.3 is 15.0 Å². The smallest absolute Gasteiger partial charge is 0.476 e. The Morgan fingerprint density at radius 3 is 2.33 bits per heavy atom. The van der Waals surface area contributed by atoms with E-state index in [-0.39, 0.29) is 36.1 Å². The Hall–Kier alpha value is -3.50. The van der Waals surface area contributed by atoms with Gasteiger partial charge in [-0.3, -0.25) is 23.2 Å². The van der Waals surface area contributed by atoms with Gasteiger partial charge in [0, 0.05) is 30.5 Å². The number of nitriles is 1. The molecular formula is C30H38F2N5O7P. The van der Waals surface area contributed by atoms with Crippen LogP contribution in [-0.4, -0.2) is 69.6 Å². The molecule has 2 amide bonds. The van der Waals surface area contributed by atoms with Gasteiger partial charge >= 0.3 is 13.7 Å². The molecule has 0 radical (unpaired) electrons. The lowest BCUT2D eigenvalue weighted by Gasteiger charge is -2.38. The lowest BCUT2D eigenvalue weighted by molar-refractivity contribution is -0.162. The van der Waals surface area contributed by atoms with Crippen LogP contribution in [0, 0.1) is 17.2 Å². The third-order valence-corrected chi connectivity index (χ3v) is 8.52. The molecule has 1 aromatic heterocycles. The summed E-state index contributed by atoms with van der Waals surface area (Å²) in [6.07, 6.45) is 1.09. The number of ether oxygens (including phenoxy) is 1. The number of benzene rings is 1. The Kier molecular flexibility index (Phi) is 9.99. The quantitative estimate of drug-likeness (QED) is 0.316. The van der Waals surface area contributed by atoms with E-state index in [4.69, 9.17) is 18.3 Å². The maximum absolute atomic E-state index is 15.3. The lowest BCUT2D eigenvalue weighted by atomic mass is 10.0. The SMILES string of the molecule is CC(C)(C)OP(=O)(OCC(=O)N1CCC(Oc2ccc(-c3cc(NC(=O)C4CC4)ncn3)cc2C#N)C(F)(F)C1)OC(C)(C)C. The summed E-state index contributed by atoms with van der Waals surface area (Å²) >= 11 is 0. The fourth-order valence-electron chi connectivity index (χ4n) is 4.44. The van der Waals surface area contributed by atoms with Crippen LogP contribution in [0.15, 0.2) is 30.6 Å². The minimum Gasteiger partial charge on any atom is -0.483 e. The summed E-state index contributed by atoms with van der Waals surface area (Å²) in [5, 5.41) is 12.5. The number of aromatic nitrogens is 2. The number of halogens is 2. The van der Waals surface area contributed by atoms with Crippen LogP contribution in [-0.2, 0) is 27.7 Å². The molecule has 1 aliphatic carbocycles. The second-order valence-corrected chi connectivity index (χ2v) is 14.5. The van der Waals surface area contributed by atoms with E-state index in [0.717, 1.165) is 17.7 Å². The van der Waals surface area contributed by atoms with Gasteiger partial charge in [0.1, 0.15) is 30.6 Å². The number of hydrogen-bond donors (Lipinski definition) is 1. The zero-order valence-electron chi connectivity index (χ0n) is 26.1. The largest absolute Gasteiger partial charge is 0.483 e. The molecule has 244 valence electrons. The van der Waals surface area contributed by atoms with Gasteiger partial charge in [-0.1, -0.05) is 0 Å². The van der Waals surface area contributed by atoms with Crippen molar-refractivity contribution in [2.45, 2.75) is 84.0 Å². The maximum Gasteiger partial charge on any atom is 0.476 e. The Bertz CT molecular complexity index is 1500. The summed E-state index contributed by atoms with van der Waals surface area (Å²) in [6, 6.07) is 7.95. The number of nitrogens with zero attached hydrogens (tertiary/aromatic N) is 4. The van der Waals surface area contributed by atoms with E-state index >= 15 is 8.78 Å². The number of carbonyl (C=O) groups excluding carboxylic acids is 2. The van der Waals surface area contributed by atoms with E-state index in [1.54, 1.807) is 53.7 Å². The second-order valence-electron chi connectivity index (χ2n) is 13.0. The second kappa shape index (κ2) is 13.1. The van der Waals surface area contributed by atoms with Gasteiger partial charge in [-0.25, -0.2) is 23.3 Å². The first kappa shape index (κ1) is 34.4. The number of nitrogens with one attached hydrogen (secondary N) is 1. The van der Waals surface area contributed by atoms with E-state index in [0.29, 0.717) is 17.1 Å². The van der Waals surface area contributed by atoms with Gasteiger partial charge in [-0.2, -0.15) is 5.26 Å². The van der Waals surface area contributed by atoms with Crippen molar-refractivity contribution in [1.82, 2.24) is 14.9 Å². The summed E-state index contributed by atoms with van der Waals surface area (Å²) in [6.45, 7) is 7.96. The number of alkyl halides is 2. The Labute approximate surface area is 261 Å². The van der Waals surface area contributed by atoms with Gasteiger partial charge in [0.2, 0.25) is 11.8 Å². The monoisotopic (exact) mass is 649 g/mol. The number of piperidine rings is 1. The molecule has 12 nitrogen and oxygen atoms in total. The highest BCUT2D eigenvalue weighted by Crippen LogP contribution is 2.55. The number of phosphoric acid groups is 1. The minimum atomic E-state index is -4.22. The predicted molar refractivity (Wildman–Crippen MR) is 159 cm³/mol. The van der Waals surface area contributed by atoms with Crippen molar-refractivity contribution in [3.05, 3.63) is 36.2 Å². The number of likely N-dealkylation sites (tertiary alicyclic amines) is 1. The van der Waals surface area contributed by atoms with Crippen molar-refractivity contribution in [3.8, 4) is 23.1 Å². The summed E-state index contributed by atoms with van der Waals surface area (Å²) in [5.41, 5.74) is -0.941. The third kappa shape index (κ3) is 9.74. The topological polar surface area (TPSA) is 153 Å². The van der Waals surface area contributed by atoms with Crippen LogP contribution >= 0.6 is 7.82 Å². The average molecular weight is 650 g/mol. The van der Waals surface area contributed by atoms with Crippen LogP contribution in [0.3, 0.4) is 0 Å². The van der Waals surface area contributed by atoms with E-state index in [1.165, 1.54) is 18.5 Å². The Balaban J connectivity index is 1.40. The zero-order chi connectivity index (χ0) is 33.2. The van der Waals surface area contributed by atoms with Crippen molar-refractivity contribution in [1.29, 1.82) is 5.26 Å². The molecule has 1 aliphatic heterocycles. The molecule has 1 saturated heterocycles. The van der Waals surface area contributed by atoms with E-state index in [1.807, 2.05) is 6.07 Å². The summed E-state index contributed by atoms with van der Waals surface area (Å²) < 4.78 is 65.6. The number of amides is 2. The van der Waals surface area contributed by atoms with Gasteiger partial charge in [0.05, 0.1) is 29.0 Å². The fraction of sp³-hybridized carbons (Fsp3) is 0.567. The number of anilines is 1. The predicted octanol–water partition coefficient (Wildman–Crippen LogP) is 5.73. The van der Waals surface area contributed by atoms with Gasteiger partial charge in [-0.15, -0.1) is 0 Å². The molecule has 2 heterocycles. The Morgan fingerprint density at radius 1 is 1.09 bits per heavy atom. The molecule has 2 aliphatic rings. The van der Waals surface area contributed by atoms with Crippen molar-refractivity contribution in [3.63, 3.8) is 0 Å². The van der Waals surface area contributed by atoms with Crippen LogP contribution in [0.4, 0.5) is 14.6 Å². The van der Waals surface area contributed by atoms with E-state index < -0.39 is 50.1 Å². The van der Waals surface area contributed by atoms with Crippen LogP contribution in [0.1, 0.15) is 66.4 Å². The van der Waals surface area contributed by atoms with Gasteiger partial charge in [0.15, 0.2) is 6.10 Å². The van der Waals surface area contributed by atoms with Crippen LogP contribution in [0.2, 0.25) is 0 Å². The molecule has 0 spiro atoms. The third-order valence-electron chi connectivity index (χ3n) is 6.54. The van der Waals surface area contributed by atoms with Gasteiger partial charge in [0.25, 0.3) is 0 Å². The van der Waals surface area contributed by atoms with Crippen molar-refractivity contribution < 1.29 is 41.2 Å². The molecule has 4 rings (SSSR count). The molecule has 1 atom stereocenters. The summed E-state index contributed by atoms with van der Waals surface area (Å²) in [4.78, 5) is 34.1. The molecule has 1 unspecified atom stereocenters. The molecular weight excluding hydrogens is 611 g/mol. The van der Waals surface area contributed by atoms with E-state index in [2.05, 4.69) is 15.3 Å². The standard InChI is InChI=1S/C30H38F2N5O7P/c1-28(2,3)43-45(40,44-29(4,5)6)41-16-26(38)37-12-11-24(30(31,32)17-37)42-23-10-9-20(13-21(23)15-33)22-14-25(35-18-34-22)36-27(39)19-7-8-19/h9-10,13-14,18-19,24H,7-8,11-12,16-17H2,1-6H3,(H,34,35,36,39). The van der Waals surface area contributed by atoms with Crippen LogP contribution < -0.4 is 10.1 Å². The molecule has 1 aromatic carbocycles. The van der Waals surface area contributed by atoms with Crippen molar-refractivity contribution in [2.75, 3.05) is 25.0 Å². The molecule has 1 N–H and O–H groups in total. The molecule has 0 bridgehead atoms. The Morgan fingerprint density at radius 2 is 1.76 bits per heavy atom. The van der Waals surface area contributed by atoms with Crippen LogP contribution in [0.25, 0.3) is 11.3 Å². The number of carbonyl (C=O) groups is 2. The highest BCUT2D eigenvalue weighted by atomic mass is 31.2. The van der Waals surface area contributed by atoms with Crippen molar-refractivity contribution >= 4 is 25.5 Å². The number of rotatable bonds is 10. The molecule has 1 saturated carbocycles. The number of phosphoric ester groups is 1.